The molecule has 0 unspecified atom stereocenters. The highest BCUT2D eigenvalue weighted by atomic mass is 16.5. The molecule has 25 heavy (non-hydrogen) atoms. The molecule has 0 bridgehead atoms. The van der Waals surface area contributed by atoms with Crippen LogP contribution < -0.4 is 21.9 Å². The number of carbonyl (C=O) groups is 1. The third kappa shape index (κ3) is 4.16. The molecular weight excluding hydrogens is 324 g/mol. The lowest BCUT2D eigenvalue weighted by atomic mass is 10.2. The lowest BCUT2D eigenvalue weighted by Crippen LogP contribution is -2.42. The lowest BCUT2D eigenvalue weighted by Gasteiger charge is -2.23. The fourth-order valence-electron chi connectivity index (χ4n) is 2.50. The maximum Gasteiger partial charge on any atom is 0.330 e. The summed E-state index contributed by atoms with van der Waals surface area (Å²) in [5, 5.41) is 0. The number of carbonyl (C=O) groups excluding carboxylic acids is 1. The number of aromatic amines is 1. The van der Waals surface area contributed by atoms with Crippen LogP contribution in [-0.4, -0.2) is 35.7 Å². The number of nitrogens with zero attached hydrogens (tertiary/aromatic N) is 2. The third-order valence-electron chi connectivity index (χ3n) is 3.79. The number of benzene rings is 1. The van der Waals surface area contributed by atoms with Gasteiger partial charge in [-0.3, -0.25) is 19.1 Å². The Morgan fingerprint density at radius 1 is 1.28 bits per heavy atom. The number of nitrogens with two attached hydrogens (primary N) is 1. The number of nitrogens with one attached hydrogen (secondary N) is 1. The Kier molecular flexibility index (Phi) is 6.13. The fraction of sp³-hybridized carbons (Fsp3) is 0.353. The van der Waals surface area contributed by atoms with Gasteiger partial charge in [-0.05, 0) is 5.56 Å². The number of anilines is 2. The van der Waals surface area contributed by atoms with Gasteiger partial charge in [-0.15, -0.1) is 0 Å². The van der Waals surface area contributed by atoms with Gasteiger partial charge in [-0.2, -0.15) is 0 Å². The largest absolute Gasteiger partial charge is 0.383 e. The van der Waals surface area contributed by atoms with Gasteiger partial charge >= 0.3 is 5.69 Å². The molecule has 0 spiro atoms. The van der Waals surface area contributed by atoms with Crippen molar-refractivity contribution in [1.82, 2.24) is 9.55 Å². The van der Waals surface area contributed by atoms with Crippen molar-refractivity contribution < 1.29 is 9.53 Å². The van der Waals surface area contributed by atoms with E-state index in [0.29, 0.717) is 0 Å². The normalized spacial score (nSPS) is 10.6. The Balaban J connectivity index is 2.54. The van der Waals surface area contributed by atoms with E-state index in [1.54, 1.807) is 6.92 Å². The molecule has 0 saturated heterocycles. The Hall–Kier alpha value is -2.87. The molecule has 0 aliphatic heterocycles. The Morgan fingerprint density at radius 2 is 1.96 bits per heavy atom. The minimum atomic E-state index is -0.690. The van der Waals surface area contributed by atoms with E-state index in [4.69, 9.17) is 10.5 Å². The fourth-order valence-corrected chi connectivity index (χ4v) is 2.50. The van der Waals surface area contributed by atoms with E-state index in [9.17, 15) is 14.4 Å². The summed E-state index contributed by atoms with van der Waals surface area (Å²) in [5.41, 5.74) is 5.61. The zero-order valence-electron chi connectivity index (χ0n) is 14.3. The molecular formula is C17H22N4O4. The van der Waals surface area contributed by atoms with Gasteiger partial charge in [0.2, 0.25) is 5.91 Å². The summed E-state index contributed by atoms with van der Waals surface area (Å²) in [5.74, 6) is -0.324. The molecule has 8 nitrogen and oxygen atoms in total. The maximum absolute atomic E-state index is 12.3. The van der Waals surface area contributed by atoms with Crippen molar-refractivity contribution in [3.63, 3.8) is 0 Å². The van der Waals surface area contributed by atoms with E-state index in [-0.39, 0.29) is 43.5 Å². The third-order valence-corrected chi connectivity index (χ3v) is 3.79. The standard InChI is InChI=1S/C17H22N4O4/c1-3-13(22)20(9-10-25-2)14-15(18)21(17(24)19-16(14)23)11-12-7-5-4-6-8-12/h4-8H,3,9-11,18H2,1-2H3,(H,19,23,24). The Morgan fingerprint density at radius 3 is 2.56 bits per heavy atom. The van der Waals surface area contributed by atoms with Crippen molar-refractivity contribution in [3.8, 4) is 0 Å². The molecule has 1 aromatic heterocycles. The number of amides is 1. The van der Waals surface area contributed by atoms with Gasteiger partial charge in [-0.1, -0.05) is 37.3 Å². The van der Waals surface area contributed by atoms with Crippen LogP contribution in [-0.2, 0) is 16.1 Å². The molecule has 3 N–H and O–H groups in total. The predicted molar refractivity (Wildman–Crippen MR) is 95.8 cm³/mol. The van der Waals surface area contributed by atoms with Crippen molar-refractivity contribution in [2.75, 3.05) is 30.9 Å². The van der Waals surface area contributed by atoms with Gasteiger partial charge < -0.3 is 15.4 Å². The van der Waals surface area contributed by atoms with Gasteiger partial charge in [0.1, 0.15) is 5.82 Å². The molecule has 2 aromatic rings. The molecule has 1 amide bonds. The first kappa shape index (κ1) is 18.5. The molecule has 8 heteroatoms. The number of hydrogen-bond acceptors (Lipinski definition) is 5. The monoisotopic (exact) mass is 346 g/mol. The number of H-pyrrole nitrogens is 1. The first-order valence-electron chi connectivity index (χ1n) is 7.95. The van der Waals surface area contributed by atoms with E-state index in [1.807, 2.05) is 30.3 Å². The summed E-state index contributed by atoms with van der Waals surface area (Å²) in [7, 11) is 1.50. The molecule has 0 radical (unpaired) electrons. The highest BCUT2D eigenvalue weighted by molar-refractivity contribution is 5.95. The summed E-state index contributed by atoms with van der Waals surface area (Å²) in [6, 6.07) is 9.23. The molecule has 0 fully saturated rings. The number of rotatable bonds is 7. The van der Waals surface area contributed by atoms with Crippen molar-refractivity contribution in [1.29, 1.82) is 0 Å². The molecule has 0 atom stereocenters. The van der Waals surface area contributed by atoms with Crippen molar-refractivity contribution in [3.05, 3.63) is 56.7 Å². The molecule has 0 saturated carbocycles. The summed E-state index contributed by atoms with van der Waals surface area (Å²) in [6.45, 7) is 2.28. The van der Waals surface area contributed by atoms with E-state index in [1.165, 1.54) is 16.6 Å². The zero-order chi connectivity index (χ0) is 18.4. The smallest absolute Gasteiger partial charge is 0.330 e. The van der Waals surface area contributed by atoms with Gasteiger partial charge in [0.15, 0.2) is 5.69 Å². The van der Waals surface area contributed by atoms with Crippen molar-refractivity contribution >= 4 is 17.4 Å². The van der Waals surface area contributed by atoms with Crippen LogP contribution in [0.1, 0.15) is 18.9 Å². The molecule has 1 heterocycles. The van der Waals surface area contributed by atoms with E-state index in [2.05, 4.69) is 4.98 Å². The maximum atomic E-state index is 12.3. The highest BCUT2D eigenvalue weighted by Crippen LogP contribution is 2.18. The average Bonchev–Trinajstić information content (AvgIpc) is 2.61. The first-order chi connectivity index (χ1) is 12.0. The lowest BCUT2D eigenvalue weighted by molar-refractivity contribution is -0.118. The second-order valence-electron chi connectivity index (χ2n) is 5.46. The summed E-state index contributed by atoms with van der Waals surface area (Å²) in [6.07, 6.45) is 0.195. The predicted octanol–water partition coefficient (Wildman–Crippen LogP) is 0.556. The van der Waals surface area contributed by atoms with E-state index >= 15 is 0 Å². The number of methoxy groups -OCH3 is 1. The number of nitrogen functional groups attached to an aromatic ring is 1. The second kappa shape index (κ2) is 8.29. The Bertz CT molecular complexity index is 842. The van der Waals surface area contributed by atoms with Crippen molar-refractivity contribution in [2.45, 2.75) is 19.9 Å². The Labute approximate surface area is 144 Å². The van der Waals surface area contributed by atoms with Crippen LogP contribution in [0.3, 0.4) is 0 Å². The number of aromatic nitrogens is 2. The summed E-state index contributed by atoms with van der Waals surface area (Å²) >= 11 is 0. The summed E-state index contributed by atoms with van der Waals surface area (Å²) < 4.78 is 6.25. The molecule has 2 rings (SSSR count). The van der Waals surface area contributed by atoms with Gasteiger partial charge in [0.05, 0.1) is 13.2 Å². The van der Waals surface area contributed by atoms with Crippen LogP contribution in [0.25, 0.3) is 0 Å². The van der Waals surface area contributed by atoms with Crippen LogP contribution in [0.5, 0.6) is 0 Å². The SMILES string of the molecule is CCC(=O)N(CCOC)c1c(N)n(Cc2ccccc2)c(=O)[nH]c1=O. The minimum Gasteiger partial charge on any atom is -0.383 e. The highest BCUT2D eigenvalue weighted by Gasteiger charge is 2.23. The quantitative estimate of drug-likeness (QED) is 0.761. The first-order valence-corrected chi connectivity index (χ1v) is 7.95. The van der Waals surface area contributed by atoms with E-state index < -0.39 is 11.2 Å². The summed E-state index contributed by atoms with van der Waals surface area (Å²) in [4.78, 5) is 40.3. The van der Waals surface area contributed by atoms with Gasteiger partial charge in [0, 0.05) is 20.1 Å². The number of hydrogen-bond donors (Lipinski definition) is 2. The van der Waals surface area contributed by atoms with Crippen LogP contribution >= 0.6 is 0 Å². The molecule has 0 aliphatic rings. The number of ether oxygens (including phenoxy) is 1. The van der Waals surface area contributed by atoms with Crippen LogP contribution in [0.15, 0.2) is 39.9 Å². The van der Waals surface area contributed by atoms with Crippen LogP contribution in [0.2, 0.25) is 0 Å². The molecule has 0 aliphatic carbocycles. The average molecular weight is 346 g/mol. The molecule has 1 aromatic carbocycles. The van der Waals surface area contributed by atoms with Crippen LogP contribution in [0, 0.1) is 0 Å². The second-order valence-corrected chi connectivity index (χ2v) is 5.46. The van der Waals surface area contributed by atoms with Crippen LogP contribution in [0.4, 0.5) is 11.5 Å². The van der Waals surface area contributed by atoms with Gasteiger partial charge in [0.25, 0.3) is 5.56 Å². The van der Waals surface area contributed by atoms with E-state index in [0.717, 1.165) is 5.56 Å². The molecule has 134 valence electrons. The minimum absolute atomic E-state index is 0.0283. The van der Waals surface area contributed by atoms with Gasteiger partial charge in [-0.25, -0.2) is 4.79 Å². The zero-order valence-corrected chi connectivity index (χ0v) is 14.3. The van der Waals surface area contributed by atoms with Crippen molar-refractivity contribution in [2.24, 2.45) is 0 Å². The topological polar surface area (TPSA) is 110 Å².